The zero-order valence-electron chi connectivity index (χ0n) is 11.4. The second kappa shape index (κ2) is 52.5. The molecule has 1 rings (SSSR count). The van der Waals surface area contributed by atoms with E-state index in [0.717, 1.165) is 6.42 Å². The van der Waals surface area contributed by atoms with E-state index in [1.165, 1.54) is 0 Å². The van der Waals surface area contributed by atoms with Crippen LogP contribution in [0.2, 0.25) is 0 Å². The van der Waals surface area contributed by atoms with E-state index in [1.807, 2.05) is 12.2 Å². The molecule has 3 nitrogen and oxygen atoms in total. The fourth-order valence-electron chi connectivity index (χ4n) is 0.340. The Kier molecular flexibility index (Phi) is 91.0. The van der Waals surface area contributed by atoms with Gasteiger partial charge in [-0.25, -0.2) is 12.2 Å². The van der Waals surface area contributed by atoms with Crippen molar-refractivity contribution in [3.05, 3.63) is 41.5 Å². The SMILES string of the molecule is CC[NH-].CC[NH-].CC[NH-].[C-]1=CC=CC1.[F][GeH][F].[Zr+4]. The molecular weight excluding hydrogens is 376 g/mol. The van der Waals surface area contributed by atoms with Crippen LogP contribution in [0.4, 0.5) is 7.00 Å². The molecule has 0 unspecified atom stereocenters. The van der Waals surface area contributed by atoms with Crippen molar-refractivity contribution in [2.75, 3.05) is 19.6 Å². The molecule has 0 saturated heterocycles. The third kappa shape index (κ3) is 128. The Morgan fingerprint density at radius 1 is 1.06 bits per heavy atom. The fourth-order valence-corrected chi connectivity index (χ4v) is 0.340. The van der Waals surface area contributed by atoms with Gasteiger partial charge in [0.05, 0.1) is 0 Å². The van der Waals surface area contributed by atoms with Crippen molar-refractivity contribution >= 4 is 16.4 Å². The molecule has 3 N–H and O–H groups in total. The van der Waals surface area contributed by atoms with Gasteiger partial charge in [0.25, 0.3) is 0 Å². The zero-order valence-corrected chi connectivity index (χ0v) is 16.3. The van der Waals surface area contributed by atoms with Crippen LogP contribution in [0.1, 0.15) is 27.2 Å². The van der Waals surface area contributed by atoms with Crippen LogP contribution in [0.25, 0.3) is 17.2 Å². The predicted molar refractivity (Wildman–Crippen MR) is 75.5 cm³/mol. The molecule has 0 atom stereocenters. The van der Waals surface area contributed by atoms with Gasteiger partial charge in [-0.2, -0.15) is 25.7 Å². The first-order valence-electron chi connectivity index (χ1n) is 5.34. The average molecular weight is 400 g/mol. The first-order chi connectivity index (χ1) is 8.16. The minimum absolute atomic E-state index is 0. The summed E-state index contributed by atoms with van der Waals surface area (Å²) in [5.41, 5.74) is 18.6. The van der Waals surface area contributed by atoms with Gasteiger partial charge in [-0.1, -0.05) is 20.8 Å². The molecule has 0 aliphatic heterocycles. The molecule has 0 aromatic rings. The number of hydrogen-bond acceptors (Lipinski definition) is 0. The van der Waals surface area contributed by atoms with E-state index in [0.29, 0.717) is 19.6 Å². The second-order valence-corrected chi connectivity index (χ2v) is 2.49. The summed E-state index contributed by atoms with van der Waals surface area (Å²) in [6.45, 7) is 6.88. The molecule has 0 amide bonds. The Morgan fingerprint density at radius 2 is 1.33 bits per heavy atom. The van der Waals surface area contributed by atoms with E-state index in [-0.39, 0.29) is 26.2 Å². The van der Waals surface area contributed by atoms with Crippen LogP contribution < -0.4 is 0 Å². The van der Waals surface area contributed by atoms with E-state index >= 15 is 0 Å². The maximum Gasteiger partial charge on any atom is 4.00 e. The van der Waals surface area contributed by atoms with E-state index in [4.69, 9.17) is 17.2 Å². The summed E-state index contributed by atoms with van der Waals surface area (Å²) in [4.78, 5) is 0. The van der Waals surface area contributed by atoms with E-state index in [9.17, 15) is 7.00 Å². The minimum atomic E-state index is -2.69. The fraction of sp³-hybridized carbons (Fsp3) is 0.636. The topological polar surface area (TPSA) is 71.4 Å². The predicted octanol–water partition coefficient (Wildman–Crippen LogP) is 4.67. The number of nitrogens with one attached hydrogen (secondary N) is 3. The Balaban J connectivity index is -0.0000000398. The van der Waals surface area contributed by atoms with Crippen LogP contribution in [-0.2, 0) is 26.2 Å². The third-order valence-electron chi connectivity index (χ3n) is 0.586. The monoisotopic (exact) mass is 400 g/mol. The van der Waals surface area contributed by atoms with Crippen molar-refractivity contribution in [1.82, 2.24) is 0 Å². The Bertz CT molecular complexity index is 121. The molecular formula is C11H24F2GeN3Zr. The Morgan fingerprint density at radius 3 is 1.39 bits per heavy atom. The van der Waals surface area contributed by atoms with Crippen molar-refractivity contribution in [3.8, 4) is 0 Å². The summed E-state index contributed by atoms with van der Waals surface area (Å²) < 4.78 is 19.6. The van der Waals surface area contributed by atoms with Gasteiger partial charge in [0.2, 0.25) is 0 Å². The molecule has 0 fully saturated rings. The van der Waals surface area contributed by atoms with Crippen molar-refractivity contribution < 1.29 is 33.2 Å². The summed E-state index contributed by atoms with van der Waals surface area (Å²) in [7, 11) is 0. The van der Waals surface area contributed by atoms with E-state index in [1.54, 1.807) is 20.8 Å². The largest absolute Gasteiger partial charge is 4.00 e. The van der Waals surface area contributed by atoms with E-state index in [2.05, 4.69) is 12.2 Å². The van der Waals surface area contributed by atoms with Crippen molar-refractivity contribution in [2.24, 2.45) is 0 Å². The number of allylic oxidation sites excluding steroid dienone is 4. The number of halogens is 2. The molecule has 0 saturated carbocycles. The van der Waals surface area contributed by atoms with Gasteiger partial charge in [-0.05, 0) is 0 Å². The van der Waals surface area contributed by atoms with Crippen LogP contribution in [-0.4, -0.2) is 36.0 Å². The average Bonchev–Trinajstić information content (AvgIpc) is 2.79. The van der Waals surface area contributed by atoms with E-state index < -0.39 is 16.4 Å². The van der Waals surface area contributed by atoms with Gasteiger partial charge in [0.15, 0.2) is 0 Å². The number of hydrogen-bond donors (Lipinski definition) is 0. The third-order valence-corrected chi connectivity index (χ3v) is 0.586. The van der Waals surface area contributed by atoms with Gasteiger partial charge in [-0.15, -0.1) is 6.42 Å². The molecule has 1 radical (unpaired) electrons. The molecule has 0 aromatic carbocycles. The summed E-state index contributed by atoms with van der Waals surface area (Å²) in [5, 5.41) is 0. The molecule has 0 aromatic heterocycles. The Labute approximate surface area is 137 Å². The van der Waals surface area contributed by atoms with Crippen LogP contribution in [0.15, 0.2) is 18.2 Å². The molecule has 7 heteroatoms. The molecule has 18 heavy (non-hydrogen) atoms. The summed E-state index contributed by atoms with van der Waals surface area (Å²) in [5.74, 6) is 0. The van der Waals surface area contributed by atoms with Gasteiger partial charge in [0.1, 0.15) is 0 Å². The van der Waals surface area contributed by atoms with Crippen molar-refractivity contribution in [1.29, 1.82) is 0 Å². The molecule has 0 bridgehead atoms. The van der Waals surface area contributed by atoms with Gasteiger partial charge < -0.3 is 17.2 Å². The molecule has 1 aliphatic rings. The molecule has 0 spiro atoms. The summed E-state index contributed by atoms with van der Waals surface area (Å²) in [6, 6.07) is 0. The second-order valence-electron chi connectivity index (χ2n) is 2.15. The first kappa shape index (κ1) is 31.2. The van der Waals surface area contributed by atoms with Gasteiger partial charge in [-0.3, -0.25) is 6.08 Å². The molecule has 105 valence electrons. The maximum absolute atomic E-state index is 9.78. The van der Waals surface area contributed by atoms with Gasteiger partial charge in [0, 0.05) is 0 Å². The van der Waals surface area contributed by atoms with Crippen LogP contribution in [0.5, 0.6) is 0 Å². The molecule has 0 heterocycles. The first-order valence-corrected chi connectivity index (χ1v) is 7.17. The van der Waals surface area contributed by atoms with Crippen molar-refractivity contribution in [3.63, 3.8) is 0 Å². The standard InChI is InChI=1S/C5H5.3C2H6N.F2GeH.Zr/c1-2-4-5-3-1;3*1-2-3;1-3-2;/h1-3H,4H2;3*3H,2H2,1H3;3H;/q4*-1;;+4. The summed E-state index contributed by atoms with van der Waals surface area (Å²) in [6.07, 6.45) is 10.0. The molecule has 1 aliphatic carbocycles. The van der Waals surface area contributed by atoms with Crippen molar-refractivity contribution in [2.45, 2.75) is 27.2 Å². The minimum Gasteiger partial charge on any atom is 4.00 e. The van der Waals surface area contributed by atoms with Crippen LogP contribution in [0.3, 0.4) is 0 Å². The van der Waals surface area contributed by atoms with Gasteiger partial charge >= 0.3 is 49.6 Å². The Hall–Kier alpha value is 0.646. The number of rotatable bonds is 0. The summed E-state index contributed by atoms with van der Waals surface area (Å²) >= 11 is -2.69. The quantitative estimate of drug-likeness (QED) is 0.419. The van der Waals surface area contributed by atoms with Crippen LogP contribution >= 0.6 is 0 Å². The normalized spacial score (nSPS) is 8.89. The zero-order chi connectivity index (χ0) is 14.4. The van der Waals surface area contributed by atoms with Crippen LogP contribution in [0, 0.1) is 6.08 Å². The smallest absolute Gasteiger partial charge is 4.00 e. The maximum atomic E-state index is 9.78.